The summed E-state index contributed by atoms with van der Waals surface area (Å²) in [5, 5.41) is 0. The molecule has 2 amide bonds. The Bertz CT molecular complexity index is 636. The number of hydrogen-bond donors (Lipinski definition) is 0. The molecule has 0 saturated carbocycles. The number of carbonyl (C=O) groups is 2. The summed E-state index contributed by atoms with van der Waals surface area (Å²) in [4.78, 5) is 31.5. The molecular formula is C20H29N3O3. The lowest BCUT2D eigenvalue weighted by atomic mass is 10.1. The van der Waals surface area contributed by atoms with Gasteiger partial charge in [0.25, 0.3) is 0 Å². The average molecular weight is 359 g/mol. The number of carbonyl (C=O) groups excluding carboxylic acids is 2. The second-order valence-corrected chi connectivity index (χ2v) is 7.50. The summed E-state index contributed by atoms with van der Waals surface area (Å²) in [6.45, 7) is 6.65. The van der Waals surface area contributed by atoms with E-state index in [0.29, 0.717) is 19.0 Å². The van der Waals surface area contributed by atoms with Crippen LogP contribution in [-0.4, -0.2) is 71.5 Å². The Labute approximate surface area is 155 Å². The van der Waals surface area contributed by atoms with Crippen LogP contribution in [0.15, 0.2) is 30.3 Å². The molecule has 3 atom stereocenters. The maximum atomic E-state index is 13.0. The third-order valence-electron chi connectivity index (χ3n) is 5.64. The van der Waals surface area contributed by atoms with E-state index in [-0.39, 0.29) is 24.6 Å². The molecule has 6 heteroatoms. The minimum Gasteiger partial charge on any atom is -0.445 e. The van der Waals surface area contributed by atoms with Crippen molar-refractivity contribution in [2.45, 2.75) is 51.4 Å². The predicted molar refractivity (Wildman–Crippen MR) is 99.6 cm³/mol. The van der Waals surface area contributed by atoms with Crippen molar-refractivity contribution < 1.29 is 14.3 Å². The molecule has 2 heterocycles. The molecule has 2 saturated heterocycles. The lowest BCUT2D eigenvalue weighted by Gasteiger charge is -2.40. The molecule has 2 aliphatic heterocycles. The molecule has 0 bridgehead atoms. The van der Waals surface area contributed by atoms with Crippen molar-refractivity contribution in [1.82, 2.24) is 14.7 Å². The minimum atomic E-state index is -0.399. The zero-order valence-electron chi connectivity index (χ0n) is 15.9. The van der Waals surface area contributed by atoms with Crippen LogP contribution in [-0.2, 0) is 16.1 Å². The molecule has 0 radical (unpaired) electrons. The smallest absolute Gasteiger partial charge is 0.411 e. The molecule has 142 valence electrons. The number of amides is 2. The summed E-state index contributed by atoms with van der Waals surface area (Å²) in [5.74, 6) is 0.0611. The van der Waals surface area contributed by atoms with Gasteiger partial charge in [0.05, 0.1) is 0 Å². The van der Waals surface area contributed by atoms with E-state index in [2.05, 4.69) is 18.9 Å². The van der Waals surface area contributed by atoms with E-state index in [1.165, 1.54) is 0 Å². The van der Waals surface area contributed by atoms with Crippen LogP contribution in [0.25, 0.3) is 0 Å². The summed E-state index contributed by atoms with van der Waals surface area (Å²) in [6, 6.07) is 9.58. The summed E-state index contributed by atoms with van der Waals surface area (Å²) < 4.78 is 5.50. The Hall–Kier alpha value is -2.08. The van der Waals surface area contributed by atoms with E-state index in [0.717, 1.165) is 25.1 Å². The van der Waals surface area contributed by atoms with Gasteiger partial charge >= 0.3 is 6.09 Å². The Kier molecular flexibility index (Phi) is 5.81. The highest BCUT2D eigenvalue weighted by Gasteiger charge is 2.42. The molecule has 0 unspecified atom stereocenters. The molecule has 0 aromatic heterocycles. The van der Waals surface area contributed by atoms with Crippen molar-refractivity contribution in [3.8, 4) is 0 Å². The van der Waals surface area contributed by atoms with Crippen LogP contribution in [0.4, 0.5) is 4.79 Å². The van der Waals surface area contributed by atoms with Gasteiger partial charge in [-0.05, 0) is 39.3 Å². The summed E-state index contributed by atoms with van der Waals surface area (Å²) in [6.07, 6.45) is 1.15. The Morgan fingerprint density at radius 1 is 1.08 bits per heavy atom. The molecule has 2 fully saturated rings. The topological polar surface area (TPSA) is 53.1 Å². The zero-order chi connectivity index (χ0) is 18.7. The minimum absolute atomic E-state index is 0.0251. The molecule has 0 N–H and O–H groups in total. The fraction of sp³-hybridized carbons (Fsp3) is 0.600. The molecule has 0 aliphatic carbocycles. The van der Waals surface area contributed by atoms with Gasteiger partial charge in [0.2, 0.25) is 5.91 Å². The number of nitrogens with zero attached hydrogens (tertiary/aromatic N) is 3. The van der Waals surface area contributed by atoms with Gasteiger partial charge in [-0.15, -0.1) is 0 Å². The van der Waals surface area contributed by atoms with Gasteiger partial charge in [-0.2, -0.15) is 0 Å². The highest BCUT2D eigenvalue weighted by Crippen LogP contribution is 2.27. The van der Waals surface area contributed by atoms with Crippen LogP contribution in [0.2, 0.25) is 0 Å². The van der Waals surface area contributed by atoms with Gasteiger partial charge in [-0.3, -0.25) is 9.69 Å². The van der Waals surface area contributed by atoms with E-state index < -0.39 is 6.04 Å². The van der Waals surface area contributed by atoms with Crippen molar-refractivity contribution in [3.63, 3.8) is 0 Å². The number of piperazine rings is 1. The zero-order valence-corrected chi connectivity index (χ0v) is 15.9. The third-order valence-corrected chi connectivity index (χ3v) is 5.64. The van der Waals surface area contributed by atoms with Crippen molar-refractivity contribution in [2.24, 2.45) is 0 Å². The van der Waals surface area contributed by atoms with Crippen LogP contribution < -0.4 is 0 Å². The van der Waals surface area contributed by atoms with Gasteiger partial charge in [-0.25, -0.2) is 4.79 Å². The van der Waals surface area contributed by atoms with Crippen LogP contribution in [0.5, 0.6) is 0 Å². The molecule has 2 aliphatic rings. The van der Waals surface area contributed by atoms with Crippen LogP contribution in [0.3, 0.4) is 0 Å². The second-order valence-electron chi connectivity index (χ2n) is 7.50. The van der Waals surface area contributed by atoms with Crippen molar-refractivity contribution in [3.05, 3.63) is 35.9 Å². The lowest BCUT2D eigenvalue weighted by molar-refractivity contribution is -0.138. The Morgan fingerprint density at radius 2 is 1.81 bits per heavy atom. The second kappa shape index (κ2) is 8.08. The van der Waals surface area contributed by atoms with Crippen molar-refractivity contribution in [1.29, 1.82) is 0 Å². The van der Waals surface area contributed by atoms with Gasteiger partial charge in [0.1, 0.15) is 12.6 Å². The fourth-order valence-electron chi connectivity index (χ4n) is 3.79. The standard InChI is InChI=1S/C20H29N3O3/c1-15-9-10-18(19(24)22-12-11-21(3)16(2)13-22)23(15)20(25)26-14-17-7-5-4-6-8-17/h4-8,15-16,18H,9-14H2,1-3H3/t15-,16+,18+/m1/s1. The first-order chi connectivity index (χ1) is 12.5. The number of hydrogen-bond acceptors (Lipinski definition) is 4. The van der Waals surface area contributed by atoms with Gasteiger partial charge in [0, 0.05) is 31.7 Å². The maximum Gasteiger partial charge on any atom is 0.411 e. The maximum absolute atomic E-state index is 13.0. The predicted octanol–water partition coefficient (Wildman–Crippen LogP) is 2.34. The van der Waals surface area contributed by atoms with E-state index in [4.69, 9.17) is 4.74 Å². The van der Waals surface area contributed by atoms with Crippen molar-refractivity contribution >= 4 is 12.0 Å². The summed E-state index contributed by atoms with van der Waals surface area (Å²) >= 11 is 0. The third kappa shape index (κ3) is 4.01. The highest BCUT2D eigenvalue weighted by atomic mass is 16.6. The largest absolute Gasteiger partial charge is 0.445 e. The van der Waals surface area contributed by atoms with E-state index in [1.807, 2.05) is 42.2 Å². The highest BCUT2D eigenvalue weighted by molar-refractivity contribution is 5.86. The molecule has 1 aromatic carbocycles. The number of rotatable bonds is 3. The Balaban J connectivity index is 1.63. The number of likely N-dealkylation sites (tertiary alicyclic amines) is 1. The van der Waals surface area contributed by atoms with Gasteiger partial charge in [0.15, 0.2) is 0 Å². The average Bonchev–Trinajstić information content (AvgIpc) is 3.04. The van der Waals surface area contributed by atoms with Crippen LogP contribution in [0, 0.1) is 0 Å². The first kappa shape index (κ1) is 18.7. The number of benzene rings is 1. The number of ether oxygens (including phenoxy) is 1. The van der Waals surface area contributed by atoms with Crippen LogP contribution in [0.1, 0.15) is 32.3 Å². The normalized spacial score (nSPS) is 26.8. The Morgan fingerprint density at radius 3 is 2.50 bits per heavy atom. The van der Waals surface area contributed by atoms with E-state index in [9.17, 15) is 9.59 Å². The van der Waals surface area contributed by atoms with E-state index in [1.54, 1.807) is 4.90 Å². The molecule has 26 heavy (non-hydrogen) atoms. The molecule has 0 spiro atoms. The summed E-state index contributed by atoms with van der Waals surface area (Å²) in [7, 11) is 2.08. The quantitative estimate of drug-likeness (QED) is 0.831. The molecule has 6 nitrogen and oxygen atoms in total. The SMILES string of the molecule is C[C@@H]1CC[C@@H](C(=O)N2CCN(C)[C@@H](C)C2)N1C(=O)OCc1ccccc1. The molecule has 1 aromatic rings. The van der Waals surface area contributed by atoms with Gasteiger partial charge in [-0.1, -0.05) is 30.3 Å². The first-order valence-electron chi connectivity index (χ1n) is 9.45. The van der Waals surface area contributed by atoms with E-state index >= 15 is 0 Å². The fourth-order valence-corrected chi connectivity index (χ4v) is 3.79. The monoisotopic (exact) mass is 359 g/mol. The lowest BCUT2D eigenvalue weighted by Crippen LogP contribution is -2.57. The van der Waals surface area contributed by atoms with Crippen LogP contribution >= 0.6 is 0 Å². The van der Waals surface area contributed by atoms with Crippen molar-refractivity contribution in [2.75, 3.05) is 26.7 Å². The number of likely N-dealkylation sites (N-methyl/N-ethyl adjacent to an activating group) is 1. The molecule has 3 rings (SSSR count). The van der Waals surface area contributed by atoms with Gasteiger partial charge < -0.3 is 14.5 Å². The first-order valence-corrected chi connectivity index (χ1v) is 9.45. The summed E-state index contributed by atoms with van der Waals surface area (Å²) in [5.41, 5.74) is 0.948. The molecular weight excluding hydrogens is 330 g/mol.